The largest absolute Gasteiger partial charge is 0.454 e. The summed E-state index contributed by atoms with van der Waals surface area (Å²) in [6, 6.07) is 5.91. The quantitative estimate of drug-likeness (QED) is 0.625. The summed E-state index contributed by atoms with van der Waals surface area (Å²) < 4.78 is 10.6. The molecule has 1 unspecified atom stereocenters. The molecule has 0 aliphatic carbocycles. The Bertz CT molecular complexity index is 371. The maximum atomic E-state index is 8.74. The number of nitrogens with two attached hydrogens (primary N) is 1. The zero-order chi connectivity index (χ0) is 12.1. The molecule has 94 valence electrons. The molecule has 1 heterocycles. The highest BCUT2D eigenvalue weighted by atomic mass is 16.7. The molecule has 0 spiro atoms. The summed E-state index contributed by atoms with van der Waals surface area (Å²) in [6.45, 7) is 1.72. The summed E-state index contributed by atoms with van der Waals surface area (Å²) in [5.74, 6) is 1.55. The van der Waals surface area contributed by atoms with Gasteiger partial charge in [-0.25, -0.2) is 0 Å². The van der Waals surface area contributed by atoms with Crippen molar-refractivity contribution in [1.82, 2.24) is 5.32 Å². The van der Waals surface area contributed by atoms with E-state index in [4.69, 9.17) is 20.3 Å². The predicted molar refractivity (Wildman–Crippen MR) is 64.1 cm³/mol. The van der Waals surface area contributed by atoms with E-state index in [1.54, 1.807) is 0 Å². The smallest absolute Gasteiger partial charge is 0.231 e. The number of hydrogen-bond acceptors (Lipinski definition) is 5. The van der Waals surface area contributed by atoms with Gasteiger partial charge in [0.15, 0.2) is 11.5 Å². The van der Waals surface area contributed by atoms with E-state index in [2.05, 4.69) is 5.32 Å². The molecule has 0 saturated heterocycles. The van der Waals surface area contributed by atoms with Gasteiger partial charge in [0.25, 0.3) is 0 Å². The molecule has 5 heteroatoms. The monoisotopic (exact) mass is 238 g/mol. The van der Waals surface area contributed by atoms with Crippen LogP contribution >= 0.6 is 0 Å². The third-order valence-electron chi connectivity index (χ3n) is 2.76. The van der Waals surface area contributed by atoms with Crippen LogP contribution in [0.2, 0.25) is 0 Å². The Morgan fingerprint density at radius 3 is 2.94 bits per heavy atom. The van der Waals surface area contributed by atoms with E-state index in [1.165, 1.54) is 0 Å². The fraction of sp³-hybridized carbons (Fsp3) is 0.500. The first-order chi connectivity index (χ1) is 8.35. The highest BCUT2D eigenvalue weighted by Gasteiger charge is 2.16. The minimum atomic E-state index is 0.0797. The van der Waals surface area contributed by atoms with E-state index >= 15 is 0 Å². The van der Waals surface area contributed by atoms with Crippen molar-refractivity contribution in [2.24, 2.45) is 5.73 Å². The van der Waals surface area contributed by atoms with Crippen LogP contribution < -0.4 is 20.5 Å². The van der Waals surface area contributed by atoms with Crippen LogP contribution in [-0.2, 0) is 0 Å². The second-order valence-electron chi connectivity index (χ2n) is 3.93. The zero-order valence-corrected chi connectivity index (χ0v) is 9.69. The number of fused-ring (bicyclic) bond motifs is 1. The van der Waals surface area contributed by atoms with Crippen molar-refractivity contribution in [1.29, 1.82) is 0 Å². The lowest BCUT2D eigenvalue weighted by Gasteiger charge is -2.17. The molecule has 1 aliphatic rings. The van der Waals surface area contributed by atoms with Crippen molar-refractivity contribution in [3.63, 3.8) is 0 Å². The first-order valence-corrected chi connectivity index (χ1v) is 5.79. The number of aliphatic hydroxyl groups excluding tert-OH is 1. The van der Waals surface area contributed by atoms with Gasteiger partial charge < -0.3 is 25.6 Å². The average Bonchev–Trinajstić information content (AvgIpc) is 2.82. The molecule has 5 nitrogen and oxygen atoms in total. The molecule has 0 aromatic heterocycles. The SMILES string of the molecule is NCC(NCCCO)c1ccc2c(c1)OCO2. The Labute approximate surface area is 101 Å². The number of rotatable bonds is 6. The number of ether oxygens (including phenoxy) is 2. The molecular formula is C12H18N2O3. The topological polar surface area (TPSA) is 76.7 Å². The maximum absolute atomic E-state index is 8.74. The summed E-state index contributed by atoms with van der Waals surface area (Å²) in [5, 5.41) is 12.0. The van der Waals surface area contributed by atoms with Crippen LogP contribution in [0.1, 0.15) is 18.0 Å². The van der Waals surface area contributed by atoms with Crippen LogP contribution in [0.5, 0.6) is 11.5 Å². The average molecular weight is 238 g/mol. The lowest BCUT2D eigenvalue weighted by atomic mass is 10.1. The fourth-order valence-electron chi connectivity index (χ4n) is 1.82. The summed E-state index contributed by atoms with van der Waals surface area (Å²) in [7, 11) is 0. The molecule has 1 aromatic rings. The molecule has 1 aliphatic heterocycles. The van der Waals surface area contributed by atoms with Gasteiger partial charge in [-0.05, 0) is 30.7 Å². The molecule has 0 bridgehead atoms. The van der Waals surface area contributed by atoms with Gasteiger partial charge >= 0.3 is 0 Å². The molecular weight excluding hydrogens is 220 g/mol. The van der Waals surface area contributed by atoms with Crippen LogP contribution in [0.3, 0.4) is 0 Å². The lowest BCUT2D eigenvalue weighted by Crippen LogP contribution is -2.29. The van der Waals surface area contributed by atoms with E-state index in [0.717, 1.165) is 30.0 Å². The molecule has 1 atom stereocenters. The van der Waals surface area contributed by atoms with E-state index in [9.17, 15) is 0 Å². The summed E-state index contributed by atoms with van der Waals surface area (Å²) in [4.78, 5) is 0. The van der Waals surface area contributed by atoms with Gasteiger partial charge in [-0.15, -0.1) is 0 Å². The fourth-order valence-corrected chi connectivity index (χ4v) is 1.82. The summed E-state index contributed by atoms with van der Waals surface area (Å²) in [5.41, 5.74) is 6.81. The van der Waals surface area contributed by atoms with Crippen molar-refractivity contribution in [3.05, 3.63) is 23.8 Å². The number of benzene rings is 1. The van der Waals surface area contributed by atoms with Gasteiger partial charge in [-0.2, -0.15) is 0 Å². The van der Waals surface area contributed by atoms with Crippen LogP contribution in [0.15, 0.2) is 18.2 Å². The van der Waals surface area contributed by atoms with Crippen molar-refractivity contribution in [2.45, 2.75) is 12.5 Å². The van der Waals surface area contributed by atoms with E-state index < -0.39 is 0 Å². The van der Waals surface area contributed by atoms with Gasteiger partial charge in [-0.1, -0.05) is 6.07 Å². The van der Waals surface area contributed by atoms with E-state index in [0.29, 0.717) is 6.54 Å². The molecule has 0 fully saturated rings. The molecule has 0 saturated carbocycles. The third-order valence-corrected chi connectivity index (χ3v) is 2.76. The summed E-state index contributed by atoms with van der Waals surface area (Å²) >= 11 is 0. The van der Waals surface area contributed by atoms with Gasteiger partial charge in [0, 0.05) is 19.2 Å². The van der Waals surface area contributed by atoms with Gasteiger partial charge in [0.05, 0.1) is 0 Å². The van der Waals surface area contributed by atoms with Crippen molar-refractivity contribution in [2.75, 3.05) is 26.5 Å². The van der Waals surface area contributed by atoms with Gasteiger partial charge in [0.1, 0.15) is 0 Å². The van der Waals surface area contributed by atoms with Crippen molar-refractivity contribution in [3.8, 4) is 11.5 Å². The Morgan fingerprint density at radius 1 is 1.35 bits per heavy atom. The predicted octanol–water partition coefficient (Wildman–Crippen LogP) is 0.387. The Morgan fingerprint density at radius 2 is 2.18 bits per heavy atom. The highest BCUT2D eigenvalue weighted by Crippen LogP contribution is 2.33. The number of hydrogen-bond donors (Lipinski definition) is 3. The molecule has 0 radical (unpaired) electrons. The van der Waals surface area contributed by atoms with Crippen molar-refractivity contribution < 1.29 is 14.6 Å². The van der Waals surface area contributed by atoms with Crippen LogP contribution in [0, 0.1) is 0 Å². The summed E-state index contributed by atoms with van der Waals surface area (Å²) in [6.07, 6.45) is 0.723. The Kier molecular flexibility index (Phi) is 4.19. The zero-order valence-electron chi connectivity index (χ0n) is 9.69. The molecule has 0 amide bonds. The van der Waals surface area contributed by atoms with Gasteiger partial charge in [-0.3, -0.25) is 0 Å². The Balaban J connectivity index is 2.03. The second kappa shape index (κ2) is 5.86. The van der Waals surface area contributed by atoms with E-state index in [-0.39, 0.29) is 19.4 Å². The normalized spacial score (nSPS) is 14.9. The molecule has 4 N–H and O–H groups in total. The number of nitrogens with one attached hydrogen (secondary N) is 1. The highest BCUT2D eigenvalue weighted by molar-refractivity contribution is 5.45. The minimum absolute atomic E-state index is 0.0797. The second-order valence-corrected chi connectivity index (χ2v) is 3.93. The van der Waals surface area contributed by atoms with Gasteiger partial charge in [0.2, 0.25) is 6.79 Å². The lowest BCUT2D eigenvalue weighted by molar-refractivity contribution is 0.174. The molecule has 1 aromatic carbocycles. The first-order valence-electron chi connectivity index (χ1n) is 5.79. The first kappa shape index (κ1) is 12.2. The van der Waals surface area contributed by atoms with Crippen molar-refractivity contribution >= 4 is 0 Å². The third kappa shape index (κ3) is 2.88. The Hall–Kier alpha value is -1.30. The molecule has 2 rings (SSSR count). The maximum Gasteiger partial charge on any atom is 0.231 e. The van der Waals surface area contributed by atoms with Crippen LogP contribution in [-0.4, -0.2) is 31.6 Å². The van der Waals surface area contributed by atoms with Crippen LogP contribution in [0.25, 0.3) is 0 Å². The number of aliphatic hydroxyl groups is 1. The van der Waals surface area contributed by atoms with Crippen LogP contribution in [0.4, 0.5) is 0 Å². The standard InChI is InChI=1S/C12H18N2O3/c13-7-10(14-4-1-5-15)9-2-3-11-12(6-9)17-8-16-11/h2-3,6,10,14-15H,1,4-5,7-8,13H2. The minimum Gasteiger partial charge on any atom is -0.454 e. The molecule has 17 heavy (non-hydrogen) atoms. The van der Waals surface area contributed by atoms with E-state index in [1.807, 2.05) is 18.2 Å².